The first kappa shape index (κ1) is 22.8. The van der Waals surface area contributed by atoms with E-state index < -0.39 is 0 Å². The third kappa shape index (κ3) is 5.61. The smallest absolute Gasteiger partial charge is 0.280 e. The number of para-hydroxylation sites is 1. The number of likely N-dealkylation sites (tertiary alicyclic amines) is 1. The Kier molecular flexibility index (Phi) is 7.53. The van der Waals surface area contributed by atoms with E-state index in [1.165, 1.54) is 16.2 Å². The molecular formula is C24H40N4O2+2. The molecule has 1 aromatic carbocycles. The van der Waals surface area contributed by atoms with Gasteiger partial charge < -0.3 is 20.0 Å². The van der Waals surface area contributed by atoms with Crippen LogP contribution in [0.2, 0.25) is 0 Å². The second-order valence-corrected chi connectivity index (χ2v) is 9.81. The highest BCUT2D eigenvalue weighted by Crippen LogP contribution is 2.21. The summed E-state index contributed by atoms with van der Waals surface area (Å²) in [5.74, 6) is 1.57. The van der Waals surface area contributed by atoms with E-state index in [-0.39, 0.29) is 11.9 Å². The van der Waals surface area contributed by atoms with Gasteiger partial charge in [-0.25, -0.2) is 0 Å². The molecule has 6 heteroatoms. The number of rotatable bonds is 5. The monoisotopic (exact) mass is 416 g/mol. The molecule has 0 saturated carbocycles. The summed E-state index contributed by atoms with van der Waals surface area (Å²) in [5, 5.41) is 3.10. The largest absolute Gasteiger partial charge is 0.337 e. The Labute approximate surface area is 181 Å². The molecule has 6 nitrogen and oxygen atoms in total. The molecule has 2 fully saturated rings. The van der Waals surface area contributed by atoms with Crippen molar-refractivity contribution in [3.63, 3.8) is 0 Å². The molecule has 3 atom stereocenters. The van der Waals surface area contributed by atoms with E-state index in [0.717, 1.165) is 56.1 Å². The van der Waals surface area contributed by atoms with Crippen molar-refractivity contribution in [2.75, 3.05) is 51.1 Å². The van der Waals surface area contributed by atoms with Crippen LogP contribution in [-0.2, 0) is 9.59 Å². The predicted octanol–water partition coefficient (Wildman–Crippen LogP) is -0.0817. The fourth-order valence-electron chi connectivity index (χ4n) is 5.25. The van der Waals surface area contributed by atoms with Gasteiger partial charge in [0.05, 0.1) is 0 Å². The predicted molar refractivity (Wildman–Crippen MR) is 120 cm³/mol. The van der Waals surface area contributed by atoms with Gasteiger partial charge in [-0.3, -0.25) is 9.59 Å². The maximum atomic E-state index is 13.0. The lowest BCUT2D eigenvalue weighted by Gasteiger charge is -2.38. The summed E-state index contributed by atoms with van der Waals surface area (Å²) in [4.78, 5) is 30.4. The van der Waals surface area contributed by atoms with Crippen LogP contribution in [0.4, 0.5) is 5.69 Å². The summed E-state index contributed by atoms with van der Waals surface area (Å²) in [5.41, 5.74) is 3.14. The summed E-state index contributed by atoms with van der Waals surface area (Å²) < 4.78 is 0. The molecule has 0 unspecified atom stereocenters. The van der Waals surface area contributed by atoms with Crippen LogP contribution < -0.4 is 15.1 Å². The molecule has 0 aliphatic carbocycles. The van der Waals surface area contributed by atoms with Gasteiger partial charge in [0.1, 0.15) is 26.2 Å². The van der Waals surface area contributed by atoms with Crippen molar-refractivity contribution >= 4 is 17.5 Å². The lowest BCUT2D eigenvalue weighted by molar-refractivity contribution is -1.01. The highest BCUT2D eigenvalue weighted by atomic mass is 16.2. The second-order valence-electron chi connectivity index (χ2n) is 9.81. The highest BCUT2D eigenvalue weighted by Gasteiger charge is 2.36. The number of quaternary nitrogens is 2. The Morgan fingerprint density at radius 2 is 1.63 bits per heavy atom. The molecule has 0 bridgehead atoms. The molecule has 3 rings (SSSR count). The zero-order valence-electron chi connectivity index (χ0n) is 19.4. The van der Waals surface area contributed by atoms with Gasteiger partial charge in [-0.1, -0.05) is 32.0 Å². The number of nitrogens with zero attached hydrogens (tertiary/aromatic N) is 1. The molecule has 3 N–H and O–H groups in total. The number of benzene rings is 1. The van der Waals surface area contributed by atoms with Gasteiger partial charge in [0.25, 0.3) is 11.8 Å². The molecular weight excluding hydrogens is 376 g/mol. The van der Waals surface area contributed by atoms with E-state index in [0.29, 0.717) is 24.3 Å². The van der Waals surface area contributed by atoms with Crippen LogP contribution in [0.3, 0.4) is 0 Å². The average Bonchev–Trinajstić information content (AvgIpc) is 2.69. The van der Waals surface area contributed by atoms with Crippen molar-refractivity contribution < 1.29 is 19.4 Å². The van der Waals surface area contributed by atoms with Crippen LogP contribution in [-0.4, -0.2) is 68.6 Å². The first-order chi connectivity index (χ1) is 14.2. The minimum Gasteiger partial charge on any atom is -0.337 e. The van der Waals surface area contributed by atoms with Crippen molar-refractivity contribution in [3.8, 4) is 0 Å². The van der Waals surface area contributed by atoms with Crippen LogP contribution in [0.15, 0.2) is 18.2 Å². The average molecular weight is 417 g/mol. The van der Waals surface area contributed by atoms with Gasteiger partial charge in [0, 0.05) is 18.8 Å². The third-order valence-corrected chi connectivity index (χ3v) is 6.92. The van der Waals surface area contributed by atoms with Crippen LogP contribution in [0.25, 0.3) is 0 Å². The van der Waals surface area contributed by atoms with E-state index in [2.05, 4.69) is 31.0 Å². The summed E-state index contributed by atoms with van der Waals surface area (Å²) in [6.07, 6.45) is 1.22. The summed E-state index contributed by atoms with van der Waals surface area (Å²) in [6.45, 7) is 16.7. The maximum absolute atomic E-state index is 13.0. The quantitative estimate of drug-likeness (QED) is 0.629. The van der Waals surface area contributed by atoms with Crippen LogP contribution >= 0.6 is 0 Å². The molecule has 166 valence electrons. The van der Waals surface area contributed by atoms with Crippen molar-refractivity contribution in [3.05, 3.63) is 29.3 Å². The van der Waals surface area contributed by atoms with E-state index in [4.69, 9.17) is 0 Å². The topological polar surface area (TPSA) is 58.3 Å². The lowest BCUT2D eigenvalue weighted by atomic mass is 9.91. The number of nitrogens with one attached hydrogen (secondary N) is 3. The van der Waals surface area contributed by atoms with Gasteiger partial charge in [-0.15, -0.1) is 0 Å². The van der Waals surface area contributed by atoms with Crippen molar-refractivity contribution in [2.45, 2.75) is 47.1 Å². The fraction of sp³-hybridized carbons (Fsp3) is 0.667. The van der Waals surface area contributed by atoms with Crippen molar-refractivity contribution in [1.82, 2.24) is 4.90 Å². The number of carbonyl (C=O) groups excluding carboxylic acids is 2. The van der Waals surface area contributed by atoms with Gasteiger partial charge >= 0.3 is 0 Å². The van der Waals surface area contributed by atoms with Gasteiger partial charge in [-0.05, 0) is 50.2 Å². The Balaban J connectivity index is 1.47. The van der Waals surface area contributed by atoms with E-state index in [9.17, 15) is 9.59 Å². The van der Waals surface area contributed by atoms with Crippen molar-refractivity contribution in [2.24, 2.45) is 11.8 Å². The highest BCUT2D eigenvalue weighted by molar-refractivity contribution is 5.93. The fourth-order valence-corrected chi connectivity index (χ4v) is 5.25. The van der Waals surface area contributed by atoms with E-state index in [1.54, 1.807) is 0 Å². The van der Waals surface area contributed by atoms with Gasteiger partial charge in [0.2, 0.25) is 0 Å². The van der Waals surface area contributed by atoms with Crippen LogP contribution in [0, 0.1) is 25.7 Å². The minimum absolute atomic E-state index is 0.00694. The SMILES string of the molecule is Cc1cccc(C)c1NC(=O)C[NH+]1CC[NH+]([C@@H](C)C(=O)N2C[C@H](C)C[C@H](C)C2)CC1. The first-order valence-electron chi connectivity index (χ1n) is 11.6. The number of anilines is 1. The normalized spacial score (nSPS) is 28.1. The standard InChI is InChI=1S/C24H38N4O2/c1-17-13-18(2)15-28(14-17)24(30)21(5)27-11-9-26(10-12-27)16-22(29)25-23-19(3)7-6-8-20(23)4/h6-8,17-18,21H,9-16H2,1-5H3,(H,25,29)/p+2/t17-,18+,21-/m0/s1. The second kappa shape index (κ2) is 9.92. The molecule has 0 aromatic heterocycles. The molecule has 2 aliphatic heterocycles. The number of aryl methyl sites for hydroxylation is 2. The van der Waals surface area contributed by atoms with Crippen LogP contribution in [0.1, 0.15) is 38.3 Å². The number of hydrogen-bond donors (Lipinski definition) is 3. The van der Waals surface area contributed by atoms with E-state index in [1.807, 2.05) is 32.0 Å². The zero-order chi connectivity index (χ0) is 21.8. The Hall–Kier alpha value is -1.92. The molecule has 0 spiro atoms. The Morgan fingerprint density at radius 1 is 1.07 bits per heavy atom. The number of amides is 2. The maximum Gasteiger partial charge on any atom is 0.280 e. The number of carbonyl (C=O) groups is 2. The molecule has 2 aliphatic rings. The summed E-state index contributed by atoms with van der Waals surface area (Å²) in [7, 11) is 0. The van der Waals surface area contributed by atoms with Crippen LogP contribution in [0.5, 0.6) is 0 Å². The third-order valence-electron chi connectivity index (χ3n) is 6.92. The van der Waals surface area contributed by atoms with E-state index >= 15 is 0 Å². The van der Waals surface area contributed by atoms with Gasteiger partial charge in [-0.2, -0.15) is 0 Å². The molecule has 30 heavy (non-hydrogen) atoms. The summed E-state index contributed by atoms with van der Waals surface area (Å²) >= 11 is 0. The first-order valence-corrected chi connectivity index (χ1v) is 11.6. The molecule has 2 saturated heterocycles. The Morgan fingerprint density at radius 3 is 2.20 bits per heavy atom. The molecule has 1 aromatic rings. The minimum atomic E-state index is 0.00694. The van der Waals surface area contributed by atoms with Crippen molar-refractivity contribution in [1.29, 1.82) is 0 Å². The Bertz CT molecular complexity index is 727. The molecule has 0 radical (unpaired) electrons. The number of piperidine rings is 1. The zero-order valence-corrected chi connectivity index (χ0v) is 19.4. The van der Waals surface area contributed by atoms with Gasteiger partial charge in [0.15, 0.2) is 12.6 Å². The molecule has 2 amide bonds. The lowest BCUT2D eigenvalue weighted by Crippen LogP contribution is -3.30. The molecule has 2 heterocycles. The number of hydrogen-bond acceptors (Lipinski definition) is 2. The number of piperazine rings is 1. The summed E-state index contributed by atoms with van der Waals surface area (Å²) in [6, 6.07) is 6.08.